The maximum absolute atomic E-state index is 13.2. The van der Waals surface area contributed by atoms with Gasteiger partial charge in [-0.1, -0.05) is 0 Å². The number of hydrogen-bond donors (Lipinski definition) is 2. The Labute approximate surface area is 117 Å². The normalized spacial score (nSPS) is 10.9. The minimum absolute atomic E-state index is 0.110. The SMILES string of the molecule is Cc1cc2c(Nc3cc(F)cc(F)c3)nc(N)nc2s1. The van der Waals surface area contributed by atoms with Gasteiger partial charge in [-0.05, 0) is 25.1 Å². The number of aryl methyl sites for hydroxylation is 1. The molecule has 0 radical (unpaired) electrons. The topological polar surface area (TPSA) is 63.8 Å². The van der Waals surface area contributed by atoms with Gasteiger partial charge in [0.1, 0.15) is 22.3 Å². The summed E-state index contributed by atoms with van der Waals surface area (Å²) in [5.74, 6) is -0.778. The Morgan fingerprint density at radius 3 is 2.50 bits per heavy atom. The van der Waals surface area contributed by atoms with Crippen molar-refractivity contribution in [3.63, 3.8) is 0 Å². The summed E-state index contributed by atoms with van der Waals surface area (Å²) in [4.78, 5) is 10.00. The molecule has 102 valence electrons. The first-order valence-corrected chi connectivity index (χ1v) is 6.60. The minimum Gasteiger partial charge on any atom is -0.368 e. The number of nitrogens with two attached hydrogens (primary N) is 1. The van der Waals surface area contributed by atoms with E-state index in [0.717, 1.165) is 21.2 Å². The zero-order valence-corrected chi connectivity index (χ0v) is 11.3. The number of aromatic nitrogens is 2. The van der Waals surface area contributed by atoms with Gasteiger partial charge in [0, 0.05) is 16.6 Å². The number of halogens is 2. The number of nitrogen functional groups attached to an aromatic ring is 1. The van der Waals surface area contributed by atoms with E-state index in [2.05, 4.69) is 15.3 Å². The van der Waals surface area contributed by atoms with E-state index < -0.39 is 11.6 Å². The molecule has 0 fully saturated rings. The average Bonchev–Trinajstić information content (AvgIpc) is 2.68. The molecule has 0 aliphatic rings. The fraction of sp³-hybridized carbons (Fsp3) is 0.0769. The number of benzene rings is 1. The third kappa shape index (κ3) is 2.39. The van der Waals surface area contributed by atoms with E-state index >= 15 is 0 Å². The third-order valence-electron chi connectivity index (χ3n) is 2.66. The Hall–Kier alpha value is -2.28. The Morgan fingerprint density at radius 1 is 1.10 bits per heavy atom. The number of anilines is 3. The predicted octanol–water partition coefficient (Wildman–Crippen LogP) is 3.60. The second-order valence-corrected chi connectivity index (χ2v) is 5.52. The van der Waals surface area contributed by atoms with Crippen molar-refractivity contribution < 1.29 is 8.78 Å². The maximum atomic E-state index is 13.2. The highest BCUT2D eigenvalue weighted by atomic mass is 32.1. The summed E-state index contributed by atoms with van der Waals surface area (Å²) in [5, 5.41) is 3.65. The molecule has 20 heavy (non-hydrogen) atoms. The van der Waals surface area contributed by atoms with Gasteiger partial charge >= 0.3 is 0 Å². The van der Waals surface area contributed by atoms with Crippen molar-refractivity contribution in [1.82, 2.24) is 9.97 Å². The maximum Gasteiger partial charge on any atom is 0.223 e. The number of nitrogens with zero attached hydrogens (tertiary/aromatic N) is 2. The van der Waals surface area contributed by atoms with E-state index in [9.17, 15) is 8.78 Å². The second-order valence-electron chi connectivity index (χ2n) is 4.29. The predicted molar refractivity (Wildman–Crippen MR) is 76.2 cm³/mol. The molecule has 3 rings (SSSR count). The summed E-state index contributed by atoms with van der Waals surface area (Å²) in [6.07, 6.45) is 0. The number of nitrogens with one attached hydrogen (secondary N) is 1. The molecule has 0 unspecified atom stereocenters. The van der Waals surface area contributed by atoms with Gasteiger partial charge in [0.05, 0.1) is 5.39 Å². The molecule has 7 heteroatoms. The summed E-state index contributed by atoms with van der Waals surface area (Å²) in [6.45, 7) is 1.94. The Morgan fingerprint density at radius 2 is 1.80 bits per heavy atom. The van der Waals surface area contributed by atoms with Gasteiger partial charge in [0.2, 0.25) is 5.95 Å². The number of fused-ring (bicyclic) bond motifs is 1. The van der Waals surface area contributed by atoms with Gasteiger partial charge in [0.15, 0.2) is 0 Å². The molecular formula is C13H10F2N4S. The van der Waals surface area contributed by atoms with Gasteiger partial charge in [-0.25, -0.2) is 13.8 Å². The average molecular weight is 292 g/mol. The molecule has 0 bridgehead atoms. The summed E-state index contributed by atoms with van der Waals surface area (Å²) < 4.78 is 26.4. The summed E-state index contributed by atoms with van der Waals surface area (Å²) in [7, 11) is 0. The molecule has 4 nitrogen and oxygen atoms in total. The van der Waals surface area contributed by atoms with Crippen molar-refractivity contribution in [1.29, 1.82) is 0 Å². The van der Waals surface area contributed by atoms with Crippen molar-refractivity contribution in [2.45, 2.75) is 6.92 Å². The lowest BCUT2D eigenvalue weighted by Crippen LogP contribution is -2.00. The van der Waals surface area contributed by atoms with Crippen LogP contribution in [0.4, 0.5) is 26.2 Å². The van der Waals surface area contributed by atoms with Crippen molar-refractivity contribution in [2.24, 2.45) is 0 Å². The van der Waals surface area contributed by atoms with Crippen molar-refractivity contribution in [3.8, 4) is 0 Å². The Kier molecular flexibility index (Phi) is 2.98. The van der Waals surface area contributed by atoms with E-state index in [1.54, 1.807) is 0 Å². The number of rotatable bonds is 2. The zero-order chi connectivity index (χ0) is 14.3. The van der Waals surface area contributed by atoms with Crippen LogP contribution in [0.15, 0.2) is 24.3 Å². The molecule has 0 aliphatic heterocycles. The van der Waals surface area contributed by atoms with Gasteiger partial charge in [0.25, 0.3) is 0 Å². The van der Waals surface area contributed by atoms with E-state index in [1.165, 1.54) is 23.5 Å². The summed E-state index contributed by atoms with van der Waals surface area (Å²) >= 11 is 1.48. The van der Waals surface area contributed by atoms with Crippen LogP contribution in [-0.4, -0.2) is 9.97 Å². The van der Waals surface area contributed by atoms with Crippen LogP contribution < -0.4 is 11.1 Å². The third-order valence-corrected chi connectivity index (χ3v) is 3.60. The molecule has 0 spiro atoms. The van der Waals surface area contributed by atoms with Crippen LogP contribution in [0.25, 0.3) is 10.2 Å². The molecule has 0 aliphatic carbocycles. The first-order valence-electron chi connectivity index (χ1n) is 5.78. The van der Waals surface area contributed by atoms with Crippen LogP contribution in [0.5, 0.6) is 0 Å². The minimum atomic E-state index is -0.660. The number of thiophene rings is 1. The van der Waals surface area contributed by atoms with Crippen LogP contribution in [0, 0.1) is 18.6 Å². The quantitative estimate of drug-likeness (QED) is 0.757. The largest absolute Gasteiger partial charge is 0.368 e. The van der Waals surface area contributed by atoms with Gasteiger partial charge in [-0.15, -0.1) is 11.3 Å². The monoisotopic (exact) mass is 292 g/mol. The van der Waals surface area contributed by atoms with Gasteiger partial charge in [-0.3, -0.25) is 0 Å². The Bertz CT molecular complexity index is 780. The molecule has 1 aromatic carbocycles. The lowest BCUT2D eigenvalue weighted by Gasteiger charge is -2.07. The van der Waals surface area contributed by atoms with Crippen LogP contribution in [-0.2, 0) is 0 Å². The molecular weight excluding hydrogens is 282 g/mol. The molecule has 0 atom stereocenters. The standard InChI is InChI=1S/C13H10F2N4S/c1-6-2-10-11(18-13(16)19-12(10)20-6)17-9-4-7(14)3-8(15)5-9/h2-5H,1H3,(H3,16,17,18,19). The molecule has 0 saturated heterocycles. The Balaban J connectivity index is 2.09. The van der Waals surface area contributed by atoms with E-state index in [0.29, 0.717) is 5.82 Å². The fourth-order valence-corrected chi connectivity index (χ4v) is 2.80. The van der Waals surface area contributed by atoms with Crippen molar-refractivity contribution >= 4 is 39.0 Å². The molecule has 0 saturated carbocycles. The molecule has 0 amide bonds. The summed E-state index contributed by atoms with van der Waals surface area (Å²) in [6, 6.07) is 5.08. The van der Waals surface area contributed by atoms with E-state index in [-0.39, 0.29) is 11.6 Å². The van der Waals surface area contributed by atoms with Crippen LogP contribution in [0.2, 0.25) is 0 Å². The van der Waals surface area contributed by atoms with E-state index in [1.807, 2.05) is 13.0 Å². The highest BCUT2D eigenvalue weighted by Crippen LogP contribution is 2.31. The molecule has 3 aromatic rings. The lowest BCUT2D eigenvalue weighted by atomic mass is 10.3. The van der Waals surface area contributed by atoms with Gasteiger partial charge < -0.3 is 11.1 Å². The van der Waals surface area contributed by atoms with Crippen LogP contribution in [0.3, 0.4) is 0 Å². The highest BCUT2D eigenvalue weighted by molar-refractivity contribution is 7.18. The highest BCUT2D eigenvalue weighted by Gasteiger charge is 2.10. The van der Waals surface area contributed by atoms with E-state index in [4.69, 9.17) is 5.73 Å². The van der Waals surface area contributed by atoms with Crippen LogP contribution in [0.1, 0.15) is 4.88 Å². The lowest BCUT2D eigenvalue weighted by molar-refractivity contribution is 0.584. The molecule has 3 N–H and O–H groups in total. The first-order chi connectivity index (χ1) is 9.51. The zero-order valence-electron chi connectivity index (χ0n) is 10.4. The smallest absolute Gasteiger partial charge is 0.223 e. The fourth-order valence-electron chi connectivity index (χ4n) is 1.92. The van der Waals surface area contributed by atoms with Crippen molar-refractivity contribution in [3.05, 3.63) is 40.8 Å². The molecule has 2 aromatic heterocycles. The summed E-state index contributed by atoms with van der Waals surface area (Å²) in [5.41, 5.74) is 5.91. The molecule has 2 heterocycles. The second kappa shape index (κ2) is 4.68. The van der Waals surface area contributed by atoms with Crippen molar-refractivity contribution in [2.75, 3.05) is 11.1 Å². The first kappa shape index (κ1) is 12.7. The number of hydrogen-bond acceptors (Lipinski definition) is 5. The van der Waals surface area contributed by atoms with Crippen LogP contribution >= 0.6 is 11.3 Å². The van der Waals surface area contributed by atoms with Gasteiger partial charge in [-0.2, -0.15) is 4.98 Å².